The molecule has 3 aromatic rings. The molecule has 30 heavy (non-hydrogen) atoms. The molecule has 1 heterocycles. The predicted octanol–water partition coefficient (Wildman–Crippen LogP) is 3.39. The fraction of sp³-hybridized carbons (Fsp3) is 0.304. The number of aromatic nitrogens is 3. The molecule has 0 unspecified atom stereocenters. The molecule has 2 amide bonds. The molecule has 0 saturated carbocycles. The van der Waals surface area contributed by atoms with E-state index in [2.05, 4.69) is 20.9 Å². The van der Waals surface area contributed by atoms with Gasteiger partial charge in [-0.2, -0.15) is 0 Å². The van der Waals surface area contributed by atoms with Gasteiger partial charge in [0.1, 0.15) is 6.54 Å². The molecule has 0 bridgehead atoms. The van der Waals surface area contributed by atoms with Gasteiger partial charge in [0.15, 0.2) is 5.69 Å². The van der Waals surface area contributed by atoms with Crippen molar-refractivity contribution >= 4 is 17.5 Å². The Morgan fingerprint density at radius 2 is 1.57 bits per heavy atom. The largest absolute Gasteiger partial charge is 0.350 e. The fourth-order valence-corrected chi connectivity index (χ4v) is 3.37. The van der Waals surface area contributed by atoms with Gasteiger partial charge in [-0.3, -0.25) is 9.59 Å². The van der Waals surface area contributed by atoms with Crippen LogP contribution in [0.3, 0.4) is 0 Å². The summed E-state index contributed by atoms with van der Waals surface area (Å²) in [6.45, 7) is 10.1. The lowest BCUT2D eigenvalue weighted by atomic mass is 10.0. The molecule has 0 fully saturated rings. The van der Waals surface area contributed by atoms with Crippen LogP contribution in [0.15, 0.2) is 36.4 Å². The van der Waals surface area contributed by atoms with Crippen LogP contribution in [-0.4, -0.2) is 26.8 Å². The molecule has 0 aliphatic carbocycles. The number of carbonyl (C=O) groups is 2. The molecule has 0 aliphatic heterocycles. The van der Waals surface area contributed by atoms with Crippen LogP contribution < -0.4 is 10.6 Å². The van der Waals surface area contributed by atoms with Gasteiger partial charge in [-0.05, 0) is 51.3 Å². The van der Waals surface area contributed by atoms with Crippen molar-refractivity contribution in [1.29, 1.82) is 0 Å². The maximum atomic E-state index is 12.7. The van der Waals surface area contributed by atoms with Gasteiger partial charge in [0.2, 0.25) is 5.91 Å². The van der Waals surface area contributed by atoms with Crippen molar-refractivity contribution in [2.75, 3.05) is 5.32 Å². The van der Waals surface area contributed by atoms with E-state index in [-0.39, 0.29) is 24.1 Å². The van der Waals surface area contributed by atoms with Crippen molar-refractivity contribution in [3.05, 3.63) is 75.6 Å². The fourth-order valence-electron chi connectivity index (χ4n) is 3.37. The number of nitrogens with one attached hydrogen (secondary N) is 2. The zero-order valence-corrected chi connectivity index (χ0v) is 18.0. The van der Waals surface area contributed by atoms with Crippen LogP contribution in [-0.2, 0) is 17.9 Å². The summed E-state index contributed by atoms with van der Waals surface area (Å²) in [6, 6.07) is 12.0. The van der Waals surface area contributed by atoms with Gasteiger partial charge in [-0.15, -0.1) is 5.10 Å². The summed E-state index contributed by atoms with van der Waals surface area (Å²) in [5.74, 6) is -0.533. The number of anilines is 1. The Labute approximate surface area is 176 Å². The van der Waals surface area contributed by atoms with E-state index >= 15 is 0 Å². The van der Waals surface area contributed by atoms with Crippen LogP contribution in [0.4, 0.5) is 5.69 Å². The van der Waals surface area contributed by atoms with Gasteiger partial charge in [-0.1, -0.05) is 52.7 Å². The minimum atomic E-state index is -0.339. The van der Waals surface area contributed by atoms with E-state index in [0.717, 1.165) is 27.9 Å². The van der Waals surface area contributed by atoms with E-state index in [1.807, 2.05) is 64.1 Å². The lowest BCUT2D eigenvalue weighted by Crippen LogP contribution is -2.28. The molecular weight excluding hydrogens is 378 g/mol. The first kappa shape index (κ1) is 21.2. The topological polar surface area (TPSA) is 88.9 Å². The summed E-state index contributed by atoms with van der Waals surface area (Å²) in [6.07, 6.45) is 0. The highest BCUT2D eigenvalue weighted by molar-refractivity contribution is 6.04. The molecule has 7 heteroatoms. The lowest BCUT2D eigenvalue weighted by Gasteiger charge is -2.12. The number of hydrogen-bond donors (Lipinski definition) is 2. The molecule has 2 aromatic carbocycles. The number of carbonyl (C=O) groups excluding carboxylic acids is 2. The van der Waals surface area contributed by atoms with Gasteiger partial charge in [0.05, 0.1) is 5.69 Å². The molecule has 7 nitrogen and oxygen atoms in total. The molecule has 0 saturated heterocycles. The van der Waals surface area contributed by atoms with Gasteiger partial charge in [0, 0.05) is 12.2 Å². The molecule has 0 radical (unpaired) electrons. The maximum Gasteiger partial charge on any atom is 0.278 e. The molecule has 1 aromatic heterocycles. The van der Waals surface area contributed by atoms with E-state index in [1.54, 1.807) is 6.92 Å². The van der Waals surface area contributed by atoms with Crippen molar-refractivity contribution in [1.82, 2.24) is 20.3 Å². The minimum absolute atomic E-state index is 0.000557. The number of amides is 2. The third kappa shape index (κ3) is 4.92. The van der Waals surface area contributed by atoms with E-state index < -0.39 is 0 Å². The van der Waals surface area contributed by atoms with Crippen molar-refractivity contribution in [3.63, 3.8) is 0 Å². The average molecular weight is 406 g/mol. The lowest BCUT2D eigenvalue weighted by molar-refractivity contribution is -0.122. The Balaban J connectivity index is 1.64. The molecular formula is C23H27N5O2. The average Bonchev–Trinajstić information content (AvgIpc) is 3.04. The number of hydrogen-bond acceptors (Lipinski definition) is 4. The molecule has 0 spiro atoms. The SMILES string of the molecule is Cc1ccc(CNC(=O)Cn2nnc(C(=O)Nc3c(C)cc(C)cc3C)c2C)cc1. The maximum absolute atomic E-state index is 12.7. The molecule has 3 rings (SSSR count). The highest BCUT2D eigenvalue weighted by Gasteiger charge is 2.19. The van der Waals surface area contributed by atoms with E-state index in [0.29, 0.717) is 12.2 Å². The zero-order chi connectivity index (χ0) is 21.8. The van der Waals surface area contributed by atoms with Gasteiger partial charge < -0.3 is 10.6 Å². The summed E-state index contributed by atoms with van der Waals surface area (Å²) >= 11 is 0. The summed E-state index contributed by atoms with van der Waals surface area (Å²) in [7, 11) is 0. The Kier molecular flexibility index (Phi) is 6.30. The predicted molar refractivity (Wildman–Crippen MR) is 116 cm³/mol. The van der Waals surface area contributed by atoms with E-state index in [1.165, 1.54) is 10.2 Å². The van der Waals surface area contributed by atoms with E-state index in [4.69, 9.17) is 0 Å². The second-order valence-corrected chi connectivity index (χ2v) is 7.67. The third-order valence-electron chi connectivity index (χ3n) is 5.02. The quantitative estimate of drug-likeness (QED) is 0.658. The molecule has 2 N–H and O–H groups in total. The summed E-state index contributed by atoms with van der Waals surface area (Å²) in [4.78, 5) is 25.0. The van der Waals surface area contributed by atoms with Gasteiger partial charge in [-0.25, -0.2) is 4.68 Å². The Hall–Kier alpha value is -3.48. The minimum Gasteiger partial charge on any atom is -0.350 e. The first-order valence-corrected chi connectivity index (χ1v) is 9.86. The van der Waals surface area contributed by atoms with Crippen LogP contribution in [0.25, 0.3) is 0 Å². The first-order chi connectivity index (χ1) is 14.2. The van der Waals surface area contributed by atoms with Gasteiger partial charge in [0.25, 0.3) is 5.91 Å². The molecule has 0 atom stereocenters. The molecule has 0 aliphatic rings. The highest BCUT2D eigenvalue weighted by atomic mass is 16.2. The summed E-state index contributed by atoms with van der Waals surface area (Å²) in [5, 5.41) is 13.8. The van der Waals surface area contributed by atoms with E-state index in [9.17, 15) is 9.59 Å². The number of aryl methyl sites for hydroxylation is 4. The second kappa shape index (κ2) is 8.90. The standard InChI is InChI=1S/C23H27N5O2/c1-14-6-8-19(9-7-14)12-24-20(29)13-28-18(5)22(26-27-28)23(30)25-21-16(3)10-15(2)11-17(21)4/h6-11H,12-13H2,1-5H3,(H,24,29)(H,25,30). The zero-order valence-electron chi connectivity index (χ0n) is 18.0. The summed E-state index contributed by atoms with van der Waals surface area (Å²) in [5.41, 5.74) is 6.83. The second-order valence-electron chi connectivity index (χ2n) is 7.67. The Bertz CT molecular complexity index is 1060. The summed E-state index contributed by atoms with van der Waals surface area (Å²) < 4.78 is 1.44. The van der Waals surface area contributed by atoms with Gasteiger partial charge >= 0.3 is 0 Å². The van der Waals surface area contributed by atoms with Crippen molar-refractivity contribution in [2.24, 2.45) is 0 Å². The first-order valence-electron chi connectivity index (χ1n) is 9.86. The molecule has 156 valence electrons. The number of nitrogens with zero attached hydrogens (tertiary/aromatic N) is 3. The van der Waals surface area contributed by atoms with Crippen molar-refractivity contribution < 1.29 is 9.59 Å². The smallest absolute Gasteiger partial charge is 0.278 e. The number of rotatable bonds is 6. The van der Waals surface area contributed by atoms with Crippen LogP contribution in [0.2, 0.25) is 0 Å². The number of benzene rings is 2. The Morgan fingerprint density at radius 3 is 2.20 bits per heavy atom. The van der Waals surface area contributed by atoms with Crippen LogP contribution >= 0.6 is 0 Å². The van der Waals surface area contributed by atoms with Crippen molar-refractivity contribution in [3.8, 4) is 0 Å². The van der Waals surface area contributed by atoms with Crippen LogP contribution in [0.5, 0.6) is 0 Å². The highest BCUT2D eigenvalue weighted by Crippen LogP contribution is 2.22. The third-order valence-corrected chi connectivity index (χ3v) is 5.02. The normalized spacial score (nSPS) is 10.7. The Morgan fingerprint density at radius 1 is 0.933 bits per heavy atom. The monoisotopic (exact) mass is 405 g/mol. The van der Waals surface area contributed by atoms with Crippen LogP contribution in [0.1, 0.15) is 44.0 Å². The van der Waals surface area contributed by atoms with Crippen LogP contribution in [0, 0.1) is 34.6 Å². The van der Waals surface area contributed by atoms with Crippen molar-refractivity contribution in [2.45, 2.75) is 47.7 Å².